The summed E-state index contributed by atoms with van der Waals surface area (Å²) < 4.78 is 5.68. The maximum atomic E-state index is 9.65. The van der Waals surface area contributed by atoms with E-state index in [0.29, 0.717) is 13.0 Å². The van der Waals surface area contributed by atoms with Crippen LogP contribution in [-0.2, 0) is 4.74 Å². The van der Waals surface area contributed by atoms with E-state index < -0.39 is 0 Å². The first-order chi connectivity index (χ1) is 8.33. The molecule has 88 valence electrons. The van der Waals surface area contributed by atoms with Gasteiger partial charge in [-0.05, 0) is 24.1 Å². The SMILES string of the molecule is OC1CCOC(c2ccc3nccnc3c2)C1. The number of nitrogens with zero attached hydrogens (tertiary/aromatic N) is 2. The van der Waals surface area contributed by atoms with Crippen molar-refractivity contribution in [3.8, 4) is 0 Å². The molecule has 1 aromatic heterocycles. The second kappa shape index (κ2) is 4.39. The van der Waals surface area contributed by atoms with Crippen molar-refractivity contribution in [2.75, 3.05) is 6.61 Å². The Labute approximate surface area is 99.3 Å². The van der Waals surface area contributed by atoms with Crippen LogP contribution in [0.2, 0.25) is 0 Å². The number of ether oxygens (including phenoxy) is 1. The lowest BCUT2D eigenvalue weighted by atomic mass is 9.99. The highest BCUT2D eigenvalue weighted by Crippen LogP contribution is 2.29. The van der Waals surface area contributed by atoms with E-state index in [0.717, 1.165) is 23.0 Å². The third-order valence-corrected chi connectivity index (χ3v) is 3.12. The summed E-state index contributed by atoms with van der Waals surface area (Å²) >= 11 is 0. The Morgan fingerprint density at radius 1 is 1.18 bits per heavy atom. The van der Waals surface area contributed by atoms with Gasteiger partial charge in [-0.2, -0.15) is 0 Å². The van der Waals surface area contributed by atoms with E-state index in [4.69, 9.17) is 4.74 Å². The fraction of sp³-hybridized carbons (Fsp3) is 0.385. The summed E-state index contributed by atoms with van der Waals surface area (Å²) in [5.41, 5.74) is 2.82. The second-order valence-electron chi connectivity index (χ2n) is 4.34. The Kier molecular flexibility index (Phi) is 2.74. The molecule has 17 heavy (non-hydrogen) atoms. The molecule has 0 radical (unpaired) electrons. The Balaban J connectivity index is 1.94. The van der Waals surface area contributed by atoms with Crippen molar-refractivity contribution in [1.29, 1.82) is 0 Å². The lowest BCUT2D eigenvalue weighted by molar-refractivity contribution is -0.0447. The van der Waals surface area contributed by atoms with Crippen LogP contribution >= 0.6 is 0 Å². The average molecular weight is 230 g/mol. The molecule has 1 N–H and O–H groups in total. The molecule has 2 aromatic rings. The van der Waals surface area contributed by atoms with Gasteiger partial charge < -0.3 is 9.84 Å². The smallest absolute Gasteiger partial charge is 0.0890 e. The Hall–Kier alpha value is -1.52. The predicted molar refractivity (Wildman–Crippen MR) is 63.5 cm³/mol. The molecule has 1 fully saturated rings. The highest BCUT2D eigenvalue weighted by molar-refractivity contribution is 5.74. The molecule has 0 aliphatic carbocycles. The minimum atomic E-state index is -0.258. The molecule has 0 spiro atoms. The number of aliphatic hydroxyl groups excluding tert-OH is 1. The predicted octanol–water partition coefficient (Wildman–Crippen LogP) is 1.84. The van der Waals surface area contributed by atoms with Gasteiger partial charge in [-0.1, -0.05) is 6.07 Å². The number of aliphatic hydroxyl groups is 1. The van der Waals surface area contributed by atoms with Crippen LogP contribution < -0.4 is 0 Å². The van der Waals surface area contributed by atoms with Crippen LogP contribution in [0.15, 0.2) is 30.6 Å². The lowest BCUT2D eigenvalue weighted by Crippen LogP contribution is -2.23. The Morgan fingerprint density at radius 2 is 2.00 bits per heavy atom. The number of rotatable bonds is 1. The van der Waals surface area contributed by atoms with E-state index >= 15 is 0 Å². The quantitative estimate of drug-likeness (QED) is 0.812. The van der Waals surface area contributed by atoms with Gasteiger partial charge >= 0.3 is 0 Å². The molecular weight excluding hydrogens is 216 g/mol. The highest BCUT2D eigenvalue weighted by Gasteiger charge is 2.22. The number of benzene rings is 1. The number of hydrogen-bond acceptors (Lipinski definition) is 4. The van der Waals surface area contributed by atoms with Crippen LogP contribution in [0.4, 0.5) is 0 Å². The van der Waals surface area contributed by atoms with E-state index in [1.165, 1.54) is 0 Å². The van der Waals surface area contributed by atoms with E-state index in [9.17, 15) is 5.11 Å². The zero-order valence-corrected chi connectivity index (χ0v) is 9.41. The van der Waals surface area contributed by atoms with Crippen LogP contribution in [0.5, 0.6) is 0 Å². The largest absolute Gasteiger partial charge is 0.393 e. The number of hydrogen-bond donors (Lipinski definition) is 1. The summed E-state index contributed by atoms with van der Waals surface area (Å²) in [6.45, 7) is 0.615. The van der Waals surface area contributed by atoms with Crippen LogP contribution in [-0.4, -0.2) is 27.8 Å². The van der Waals surface area contributed by atoms with Crippen LogP contribution in [0, 0.1) is 0 Å². The molecule has 0 bridgehead atoms. The van der Waals surface area contributed by atoms with Gasteiger partial charge in [0.15, 0.2) is 0 Å². The molecule has 1 aliphatic rings. The summed E-state index contributed by atoms with van der Waals surface area (Å²) in [5, 5.41) is 9.65. The normalized spacial score (nSPS) is 25.0. The lowest BCUT2D eigenvalue weighted by Gasteiger charge is -2.26. The van der Waals surface area contributed by atoms with Gasteiger partial charge in [0, 0.05) is 25.4 Å². The topological polar surface area (TPSA) is 55.2 Å². The van der Waals surface area contributed by atoms with Crippen molar-refractivity contribution in [3.63, 3.8) is 0 Å². The van der Waals surface area contributed by atoms with Crippen molar-refractivity contribution in [2.45, 2.75) is 25.0 Å². The molecule has 4 nitrogen and oxygen atoms in total. The van der Waals surface area contributed by atoms with Crippen molar-refractivity contribution >= 4 is 11.0 Å². The Morgan fingerprint density at radius 3 is 2.82 bits per heavy atom. The Bertz CT molecular complexity index is 530. The fourth-order valence-electron chi connectivity index (χ4n) is 2.19. The van der Waals surface area contributed by atoms with Crippen molar-refractivity contribution < 1.29 is 9.84 Å². The molecule has 1 saturated heterocycles. The minimum Gasteiger partial charge on any atom is -0.393 e. The van der Waals surface area contributed by atoms with Gasteiger partial charge in [-0.3, -0.25) is 9.97 Å². The van der Waals surface area contributed by atoms with Crippen LogP contribution in [0.3, 0.4) is 0 Å². The van der Waals surface area contributed by atoms with E-state index in [-0.39, 0.29) is 12.2 Å². The number of aromatic nitrogens is 2. The maximum absolute atomic E-state index is 9.65. The van der Waals surface area contributed by atoms with Crippen molar-refractivity contribution in [2.24, 2.45) is 0 Å². The van der Waals surface area contributed by atoms with Crippen molar-refractivity contribution in [3.05, 3.63) is 36.2 Å². The van der Waals surface area contributed by atoms with E-state index in [1.54, 1.807) is 12.4 Å². The highest BCUT2D eigenvalue weighted by atomic mass is 16.5. The molecule has 2 atom stereocenters. The van der Waals surface area contributed by atoms with E-state index in [1.807, 2.05) is 18.2 Å². The van der Waals surface area contributed by atoms with Gasteiger partial charge in [0.25, 0.3) is 0 Å². The van der Waals surface area contributed by atoms with Gasteiger partial charge in [0.05, 0.1) is 23.2 Å². The molecule has 0 saturated carbocycles. The molecule has 3 rings (SSSR count). The standard InChI is InChI=1S/C13H14N2O2/c16-10-3-6-17-13(8-10)9-1-2-11-12(7-9)15-5-4-14-11/h1-2,4-5,7,10,13,16H,3,6,8H2. The molecule has 1 aliphatic heterocycles. The first-order valence-corrected chi connectivity index (χ1v) is 5.83. The summed E-state index contributed by atoms with van der Waals surface area (Å²) in [6.07, 6.45) is 4.47. The average Bonchev–Trinajstić information content (AvgIpc) is 2.38. The molecular formula is C13H14N2O2. The van der Waals surface area contributed by atoms with Gasteiger partial charge in [0.2, 0.25) is 0 Å². The minimum absolute atomic E-state index is 0.0230. The zero-order chi connectivity index (χ0) is 11.7. The molecule has 4 heteroatoms. The summed E-state index contributed by atoms with van der Waals surface area (Å²) in [5.74, 6) is 0. The van der Waals surface area contributed by atoms with E-state index in [2.05, 4.69) is 9.97 Å². The second-order valence-corrected chi connectivity index (χ2v) is 4.34. The van der Waals surface area contributed by atoms with Crippen LogP contribution in [0.25, 0.3) is 11.0 Å². The summed E-state index contributed by atoms with van der Waals surface area (Å²) in [7, 11) is 0. The first kappa shape index (κ1) is 10.6. The third kappa shape index (κ3) is 2.14. The fourth-order valence-corrected chi connectivity index (χ4v) is 2.19. The van der Waals surface area contributed by atoms with Gasteiger partial charge in [-0.25, -0.2) is 0 Å². The first-order valence-electron chi connectivity index (χ1n) is 5.83. The molecule has 2 unspecified atom stereocenters. The maximum Gasteiger partial charge on any atom is 0.0890 e. The van der Waals surface area contributed by atoms with Crippen LogP contribution in [0.1, 0.15) is 24.5 Å². The third-order valence-electron chi connectivity index (χ3n) is 3.12. The molecule has 2 heterocycles. The van der Waals surface area contributed by atoms with Crippen molar-refractivity contribution in [1.82, 2.24) is 9.97 Å². The zero-order valence-electron chi connectivity index (χ0n) is 9.41. The monoisotopic (exact) mass is 230 g/mol. The van der Waals surface area contributed by atoms with Gasteiger partial charge in [0.1, 0.15) is 0 Å². The molecule has 0 amide bonds. The molecule has 1 aromatic carbocycles. The number of fused-ring (bicyclic) bond motifs is 1. The van der Waals surface area contributed by atoms with Gasteiger partial charge in [-0.15, -0.1) is 0 Å². The summed E-state index contributed by atoms with van der Waals surface area (Å²) in [6, 6.07) is 5.94. The summed E-state index contributed by atoms with van der Waals surface area (Å²) in [4.78, 5) is 8.50.